The fraction of sp³-hybridized carbons (Fsp3) is 0.333. The van der Waals surface area contributed by atoms with Crippen LogP contribution in [0.1, 0.15) is 16.1 Å². The number of aromatic nitrogens is 2. The highest BCUT2D eigenvalue weighted by molar-refractivity contribution is 5.93. The molecule has 3 heterocycles. The van der Waals surface area contributed by atoms with Gasteiger partial charge in [0.25, 0.3) is 5.91 Å². The molecule has 0 aliphatic carbocycles. The fourth-order valence-corrected chi connectivity index (χ4v) is 3.68. The van der Waals surface area contributed by atoms with Gasteiger partial charge in [-0.25, -0.2) is 9.37 Å². The molecule has 0 bridgehead atoms. The third-order valence-corrected chi connectivity index (χ3v) is 4.86. The Bertz CT molecular complexity index is 814. The largest absolute Gasteiger partial charge is 0.338 e. The van der Waals surface area contributed by atoms with E-state index < -0.39 is 0 Å². The Labute approximate surface area is 144 Å². The van der Waals surface area contributed by atoms with Crippen LogP contribution in [0.4, 0.5) is 4.39 Å². The van der Waals surface area contributed by atoms with Crippen LogP contribution in [0, 0.1) is 17.7 Å². The van der Waals surface area contributed by atoms with Gasteiger partial charge in [0.05, 0.1) is 12.1 Å². The molecular weight excluding hydrogens is 323 g/mol. The average Bonchev–Trinajstić information content (AvgIpc) is 3.15. The van der Waals surface area contributed by atoms with Gasteiger partial charge < -0.3 is 9.80 Å². The standard InChI is InChI=1S/C18H17FN4O2/c19-14-3-1-2-12(6-14)8-22-9-13-10-23(11-15(13)17(22)24)18(25)16-7-20-4-5-21-16/h1-7,13,15H,8-11H2/t13-,15+/m0/s1. The van der Waals surface area contributed by atoms with Crippen LogP contribution in [-0.4, -0.2) is 51.2 Å². The normalized spacial score (nSPS) is 22.4. The van der Waals surface area contributed by atoms with E-state index in [4.69, 9.17) is 0 Å². The lowest BCUT2D eigenvalue weighted by molar-refractivity contribution is -0.131. The summed E-state index contributed by atoms with van der Waals surface area (Å²) in [5, 5.41) is 0. The number of hydrogen-bond donors (Lipinski definition) is 0. The first kappa shape index (κ1) is 15.7. The maximum absolute atomic E-state index is 13.3. The molecule has 2 fully saturated rings. The third kappa shape index (κ3) is 2.97. The molecule has 7 heteroatoms. The summed E-state index contributed by atoms with van der Waals surface area (Å²) in [5.41, 5.74) is 1.08. The molecule has 0 spiro atoms. The lowest BCUT2D eigenvalue weighted by Crippen LogP contribution is -2.35. The summed E-state index contributed by atoms with van der Waals surface area (Å²) in [6.45, 7) is 1.93. The maximum atomic E-state index is 13.3. The highest BCUT2D eigenvalue weighted by atomic mass is 19.1. The molecule has 25 heavy (non-hydrogen) atoms. The molecule has 0 unspecified atom stereocenters. The van der Waals surface area contributed by atoms with Crippen LogP contribution in [-0.2, 0) is 11.3 Å². The minimum absolute atomic E-state index is 0.0312. The summed E-state index contributed by atoms with van der Waals surface area (Å²) in [4.78, 5) is 36.5. The summed E-state index contributed by atoms with van der Waals surface area (Å²) in [6, 6.07) is 6.30. The van der Waals surface area contributed by atoms with Gasteiger partial charge in [0.1, 0.15) is 11.5 Å². The van der Waals surface area contributed by atoms with Crippen molar-refractivity contribution in [2.45, 2.75) is 6.54 Å². The van der Waals surface area contributed by atoms with E-state index in [2.05, 4.69) is 9.97 Å². The number of likely N-dealkylation sites (tertiary alicyclic amines) is 2. The molecule has 2 atom stereocenters. The second-order valence-electron chi connectivity index (χ2n) is 6.52. The molecule has 2 aliphatic rings. The van der Waals surface area contributed by atoms with Gasteiger partial charge in [-0.15, -0.1) is 0 Å². The molecule has 4 rings (SSSR count). The summed E-state index contributed by atoms with van der Waals surface area (Å²) in [5.74, 6) is -0.531. The molecule has 2 saturated heterocycles. The molecule has 1 aromatic heterocycles. The van der Waals surface area contributed by atoms with E-state index in [9.17, 15) is 14.0 Å². The van der Waals surface area contributed by atoms with Gasteiger partial charge in [-0.1, -0.05) is 12.1 Å². The van der Waals surface area contributed by atoms with E-state index in [1.807, 2.05) is 6.07 Å². The quantitative estimate of drug-likeness (QED) is 0.846. The third-order valence-electron chi connectivity index (χ3n) is 4.86. The molecule has 0 radical (unpaired) electrons. The minimum atomic E-state index is -0.301. The smallest absolute Gasteiger partial charge is 0.274 e. The highest BCUT2D eigenvalue weighted by Gasteiger charge is 2.47. The Balaban J connectivity index is 1.42. The van der Waals surface area contributed by atoms with Crippen LogP contribution in [0.3, 0.4) is 0 Å². The van der Waals surface area contributed by atoms with Crippen molar-refractivity contribution < 1.29 is 14.0 Å². The van der Waals surface area contributed by atoms with Crippen molar-refractivity contribution in [3.63, 3.8) is 0 Å². The Kier molecular flexibility index (Phi) is 3.91. The maximum Gasteiger partial charge on any atom is 0.274 e. The van der Waals surface area contributed by atoms with Crippen molar-refractivity contribution in [2.24, 2.45) is 11.8 Å². The summed E-state index contributed by atoms with van der Waals surface area (Å²) in [6.07, 6.45) is 4.44. The number of carbonyl (C=O) groups excluding carboxylic acids is 2. The predicted molar refractivity (Wildman–Crippen MR) is 86.7 cm³/mol. The number of amides is 2. The van der Waals surface area contributed by atoms with E-state index in [0.717, 1.165) is 5.56 Å². The van der Waals surface area contributed by atoms with Gasteiger partial charge in [-0.2, -0.15) is 0 Å². The molecule has 2 amide bonds. The van der Waals surface area contributed by atoms with Crippen molar-refractivity contribution in [3.05, 3.63) is 59.9 Å². The summed E-state index contributed by atoms with van der Waals surface area (Å²) >= 11 is 0. The SMILES string of the molecule is O=C(c1cnccn1)N1C[C@@H]2CN(Cc3cccc(F)c3)C(=O)[C@@H]2C1. The van der Waals surface area contributed by atoms with Crippen molar-refractivity contribution in [1.82, 2.24) is 19.8 Å². The van der Waals surface area contributed by atoms with Crippen LogP contribution in [0.5, 0.6) is 0 Å². The number of halogens is 1. The topological polar surface area (TPSA) is 66.4 Å². The average molecular weight is 340 g/mol. The number of carbonyl (C=O) groups is 2. The first-order valence-corrected chi connectivity index (χ1v) is 8.20. The Morgan fingerprint density at radius 3 is 2.84 bits per heavy atom. The van der Waals surface area contributed by atoms with Gasteiger partial charge in [0, 0.05) is 44.5 Å². The zero-order valence-corrected chi connectivity index (χ0v) is 13.5. The summed E-state index contributed by atoms with van der Waals surface area (Å²) in [7, 11) is 0. The summed E-state index contributed by atoms with van der Waals surface area (Å²) < 4.78 is 13.3. The minimum Gasteiger partial charge on any atom is -0.338 e. The molecule has 1 aromatic carbocycles. The van der Waals surface area contributed by atoms with Crippen LogP contribution < -0.4 is 0 Å². The van der Waals surface area contributed by atoms with Crippen molar-refractivity contribution in [1.29, 1.82) is 0 Å². The van der Waals surface area contributed by atoms with Crippen LogP contribution in [0.15, 0.2) is 42.9 Å². The van der Waals surface area contributed by atoms with Crippen LogP contribution in [0.2, 0.25) is 0 Å². The fourth-order valence-electron chi connectivity index (χ4n) is 3.68. The van der Waals surface area contributed by atoms with Gasteiger partial charge >= 0.3 is 0 Å². The highest BCUT2D eigenvalue weighted by Crippen LogP contribution is 2.33. The van der Waals surface area contributed by atoms with Gasteiger partial charge in [0.15, 0.2) is 0 Å². The van der Waals surface area contributed by atoms with E-state index in [1.54, 1.807) is 15.9 Å². The van der Waals surface area contributed by atoms with Gasteiger partial charge in [0.2, 0.25) is 5.91 Å². The molecule has 6 nitrogen and oxygen atoms in total. The lowest BCUT2D eigenvalue weighted by Gasteiger charge is -2.21. The molecular formula is C18H17FN4O2. The zero-order chi connectivity index (χ0) is 17.4. The Morgan fingerprint density at radius 2 is 2.12 bits per heavy atom. The van der Waals surface area contributed by atoms with Gasteiger partial charge in [-0.3, -0.25) is 14.6 Å². The molecule has 2 aliphatic heterocycles. The Hall–Kier alpha value is -2.83. The van der Waals surface area contributed by atoms with Crippen molar-refractivity contribution in [3.8, 4) is 0 Å². The first-order valence-electron chi connectivity index (χ1n) is 8.20. The van der Waals surface area contributed by atoms with E-state index in [0.29, 0.717) is 31.9 Å². The monoisotopic (exact) mass is 340 g/mol. The molecule has 0 saturated carbocycles. The zero-order valence-electron chi connectivity index (χ0n) is 13.5. The number of benzene rings is 1. The van der Waals surface area contributed by atoms with Crippen molar-refractivity contribution >= 4 is 11.8 Å². The first-order chi connectivity index (χ1) is 12.1. The number of nitrogens with zero attached hydrogens (tertiary/aromatic N) is 4. The number of fused-ring (bicyclic) bond motifs is 1. The Morgan fingerprint density at radius 1 is 1.24 bits per heavy atom. The lowest BCUT2D eigenvalue weighted by atomic mass is 10.0. The van der Waals surface area contributed by atoms with Gasteiger partial charge in [-0.05, 0) is 17.7 Å². The second-order valence-corrected chi connectivity index (χ2v) is 6.52. The van der Waals surface area contributed by atoms with Crippen molar-refractivity contribution in [2.75, 3.05) is 19.6 Å². The number of hydrogen-bond acceptors (Lipinski definition) is 4. The van der Waals surface area contributed by atoms with Crippen LogP contribution in [0.25, 0.3) is 0 Å². The molecule has 0 N–H and O–H groups in total. The van der Waals surface area contributed by atoms with E-state index in [-0.39, 0.29) is 29.5 Å². The molecule has 128 valence electrons. The van der Waals surface area contributed by atoms with E-state index >= 15 is 0 Å². The van der Waals surface area contributed by atoms with Crippen LogP contribution >= 0.6 is 0 Å². The molecule has 2 aromatic rings. The number of rotatable bonds is 3. The predicted octanol–water partition coefficient (Wildman–Crippen LogP) is 1.35. The van der Waals surface area contributed by atoms with E-state index in [1.165, 1.54) is 30.7 Å². The second kappa shape index (κ2) is 6.23.